The van der Waals surface area contributed by atoms with Crippen molar-refractivity contribution in [3.8, 4) is 0 Å². The van der Waals surface area contributed by atoms with E-state index in [0.717, 1.165) is 5.69 Å². The molecule has 0 atom stereocenters. The summed E-state index contributed by atoms with van der Waals surface area (Å²) in [5, 5.41) is 15.6. The lowest BCUT2D eigenvalue weighted by Crippen LogP contribution is -2.12. The predicted octanol–water partition coefficient (Wildman–Crippen LogP) is 1.76. The molecule has 0 unspecified atom stereocenters. The number of carbonyl (C=O) groups excluding carboxylic acids is 1. The van der Waals surface area contributed by atoms with Gasteiger partial charge in [0.25, 0.3) is 5.69 Å². The Bertz CT molecular complexity index is 612. The zero-order chi connectivity index (χ0) is 13.8. The molecule has 0 aliphatic rings. The van der Waals surface area contributed by atoms with Gasteiger partial charge in [-0.3, -0.25) is 14.9 Å². The number of hydrogen-bond acceptors (Lipinski definition) is 6. The number of thiazole rings is 1. The summed E-state index contributed by atoms with van der Waals surface area (Å²) < 4.78 is 0. The second kappa shape index (κ2) is 5.44. The molecule has 8 heteroatoms. The van der Waals surface area contributed by atoms with E-state index in [9.17, 15) is 14.9 Å². The summed E-state index contributed by atoms with van der Waals surface area (Å²) >= 11 is 1.43. The lowest BCUT2D eigenvalue weighted by Gasteiger charge is -2.06. The lowest BCUT2D eigenvalue weighted by atomic mass is 10.1. The van der Waals surface area contributed by atoms with Crippen molar-refractivity contribution in [3.05, 3.63) is 50.5 Å². The Labute approximate surface area is 112 Å². The number of nitro benzene ring substituents is 1. The number of carbonyl (C=O) groups is 1. The third-order valence-electron chi connectivity index (χ3n) is 2.42. The maximum Gasteiger partial charge on any atom is 0.292 e. The van der Waals surface area contributed by atoms with Crippen LogP contribution < -0.4 is 11.1 Å². The minimum atomic E-state index is -0.633. The van der Waals surface area contributed by atoms with Crippen LogP contribution in [0.1, 0.15) is 16.1 Å². The average molecular weight is 278 g/mol. The summed E-state index contributed by atoms with van der Waals surface area (Å²) in [4.78, 5) is 25.5. The second-order valence-electron chi connectivity index (χ2n) is 3.69. The van der Waals surface area contributed by atoms with Gasteiger partial charge in [-0.2, -0.15) is 0 Å². The van der Waals surface area contributed by atoms with E-state index in [1.54, 1.807) is 5.51 Å². The van der Waals surface area contributed by atoms with Crippen LogP contribution in [0.25, 0.3) is 0 Å². The molecule has 0 radical (unpaired) electrons. The first-order chi connectivity index (χ1) is 9.08. The highest BCUT2D eigenvalue weighted by Gasteiger charge is 2.15. The number of nitro groups is 1. The fraction of sp³-hybridized carbons (Fsp3) is 0.0909. The Balaban J connectivity index is 2.27. The molecule has 0 aliphatic carbocycles. The normalized spacial score (nSPS) is 10.1. The summed E-state index contributed by atoms with van der Waals surface area (Å²) in [6.07, 6.45) is 0. The van der Waals surface area contributed by atoms with Crippen LogP contribution in [-0.4, -0.2) is 15.8 Å². The molecule has 7 nitrogen and oxygen atoms in total. The Morgan fingerprint density at radius 3 is 2.89 bits per heavy atom. The Morgan fingerprint density at radius 1 is 1.53 bits per heavy atom. The molecule has 98 valence electrons. The number of nitrogens with one attached hydrogen (secondary N) is 1. The van der Waals surface area contributed by atoms with Gasteiger partial charge in [0.15, 0.2) is 0 Å². The highest BCUT2D eigenvalue weighted by molar-refractivity contribution is 7.07. The Kier molecular flexibility index (Phi) is 3.71. The minimum absolute atomic E-state index is 0.111. The molecule has 0 aliphatic heterocycles. The van der Waals surface area contributed by atoms with Crippen LogP contribution in [0.2, 0.25) is 0 Å². The Morgan fingerprint density at radius 2 is 2.32 bits per heavy atom. The molecule has 1 amide bonds. The molecule has 1 heterocycles. The largest absolute Gasteiger partial charge is 0.374 e. The van der Waals surface area contributed by atoms with Gasteiger partial charge < -0.3 is 11.1 Å². The number of aromatic nitrogens is 1. The predicted molar refractivity (Wildman–Crippen MR) is 71.1 cm³/mol. The van der Waals surface area contributed by atoms with Crippen LogP contribution in [-0.2, 0) is 6.54 Å². The van der Waals surface area contributed by atoms with E-state index in [0.29, 0.717) is 6.54 Å². The molecular weight excluding hydrogens is 268 g/mol. The molecule has 1 aromatic heterocycles. The molecule has 19 heavy (non-hydrogen) atoms. The number of benzene rings is 1. The second-order valence-corrected chi connectivity index (χ2v) is 4.41. The topological polar surface area (TPSA) is 111 Å². The van der Waals surface area contributed by atoms with Crippen molar-refractivity contribution in [1.29, 1.82) is 0 Å². The third kappa shape index (κ3) is 3.05. The van der Waals surface area contributed by atoms with Crippen LogP contribution in [0.15, 0.2) is 29.1 Å². The quantitative estimate of drug-likeness (QED) is 0.639. The van der Waals surface area contributed by atoms with Crippen molar-refractivity contribution in [3.63, 3.8) is 0 Å². The molecular formula is C11H10N4O3S. The van der Waals surface area contributed by atoms with E-state index in [-0.39, 0.29) is 16.9 Å². The summed E-state index contributed by atoms with van der Waals surface area (Å²) in [5.74, 6) is -0.633. The lowest BCUT2D eigenvalue weighted by molar-refractivity contribution is -0.384. The molecule has 2 aromatic rings. The molecule has 0 saturated heterocycles. The van der Waals surface area contributed by atoms with Gasteiger partial charge in [0.2, 0.25) is 5.91 Å². The molecule has 3 N–H and O–H groups in total. The molecule has 1 aromatic carbocycles. The van der Waals surface area contributed by atoms with Crippen molar-refractivity contribution < 1.29 is 9.72 Å². The average Bonchev–Trinajstić information content (AvgIpc) is 2.88. The van der Waals surface area contributed by atoms with Crippen LogP contribution >= 0.6 is 11.3 Å². The third-order valence-corrected chi connectivity index (χ3v) is 3.06. The van der Waals surface area contributed by atoms with Crippen molar-refractivity contribution in [2.75, 3.05) is 5.32 Å². The summed E-state index contributed by atoms with van der Waals surface area (Å²) in [6, 6.07) is 3.95. The first-order valence-corrected chi connectivity index (χ1v) is 6.21. The van der Waals surface area contributed by atoms with Gasteiger partial charge in [0, 0.05) is 17.0 Å². The van der Waals surface area contributed by atoms with Crippen LogP contribution in [0.3, 0.4) is 0 Å². The van der Waals surface area contributed by atoms with Gasteiger partial charge in [-0.15, -0.1) is 11.3 Å². The van der Waals surface area contributed by atoms with Crippen LogP contribution in [0.5, 0.6) is 0 Å². The minimum Gasteiger partial charge on any atom is -0.374 e. The molecule has 0 spiro atoms. The van der Waals surface area contributed by atoms with E-state index in [2.05, 4.69) is 10.3 Å². The van der Waals surface area contributed by atoms with Crippen LogP contribution in [0.4, 0.5) is 11.4 Å². The summed E-state index contributed by atoms with van der Waals surface area (Å²) in [7, 11) is 0. The monoisotopic (exact) mass is 278 g/mol. The maximum atomic E-state index is 11.1. The van der Waals surface area contributed by atoms with Crippen molar-refractivity contribution in [1.82, 2.24) is 4.98 Å². The van der Waals surface area contributed by atoms with Gasteiger partial charge in [-0.25, -0.2) is 4.98 Å². The van der Waals surface area contributed by atoms with Crippen molar-refractivity contribution in [2.24, 2.45) is 5.73 Å². The van der Waals surface area contributed by atoms with Crippen molar-refractivity contribution in [2.45, 2.75) is 6.54 Å². The molecule has 0 bridgehead atoms. The molecule has 0 fully saturated rings. The number of rotatable bonds is 5. The van der Waals surface area contributed by atoms with E-state index in [1.807, 2.05) is 5.38 Å². The number of anilines is 1. The molecule has 2 rings (SSSR count). The van der Waals surface area contributed by atoms with E-state index >= 15 is 0 Å². The highest BCUT2D eigenvalue weighted by Crippen LogP contribution is 2.25. The van der Waals surface area contributed by atoms with Gasteiger partial charge >= 0.3 is 0 Å². The highest BCUT2D eigenvalue weighted by atomic mass is 32.1. The van der Waals surface area contributed by atoms with Gasteiger partial charge in [-0.1, -0.05) is 0 Å². The Hall–Kier alpha value is -2.48. The first kappa shape index (κ1) is 13.0. The van der Waals surface area contributed by atoms with Gasteiger partial charge in [0.1, 0.15) is 5.69 Å². The number of amides is 1. The maximum absolute atomic E-state index is 11.1. The summed E-state index contributed by atoms with van der Waals surface area (Å²) in [5.41, 5.74) is 7.94. The fourth-order valence-corrected chi connectivity index (χ4v) is 2.06. The zero-order valence-electron chi connectivity index (χ0n) is 9.70. The number of primary amides is 1. The number of hydrogen-bond donors (Lipinski definition) is 2. The zero-order valence-corrected chi connectivity index (χ0v) is 10.5. The van der Waals surface area contributed by atoms with Crippen LogP contribution in [0, 0.1) is 10.1 Å². The number of nitrogens with two attached hydrogens (primary N) is 1. The SMILES string of the molecule is NC(=O)c1ccc([N+](=O)[O-])c(NCc2cscn2)c1. The van der Waals surface area contributed by atoms with E-state index in [4.69, 9.17) is 5.73 Å². The van der Waals surface area contributed by atoms with E-state index in [1.165, 1.54) is 29.5 Å². The number of nitrogens with zero attached hydrogens (tertiary/aromatic N) is 2. The first-order valence-electron chi connectivity index (χ1n) is 5.27. The van der Waals surface area contributed by atoms with Gasteiger partial charge in [-0.05, 0) is 12.1 Å². The fourth-order valence-electron chi connectivity index (χ4n) is 1.50. The van der Waals surface area contributed by atoms with Crippen molar-refractivity contribution >= 4 is 28.6 Å². The standard InChI is InChI=1S/C11H10N4O3S/c12-11(16)7-1-2-10(15(17)18)9(3-7)13-4-8-5-19-6-14-8/h1-3,5-6,13H,4H2,(H2,12,16). The summed E-state index contributed by atoms with van der Waals surface area (Å²) in [6.45, 7) is 0.340. The molecule has 0 saturated carbocycles. The smallest absolute Gasteiger partial charge is 0.292 e. The van der Waals surface area contributed by atoms with Gasteiger partial charge in [0.05, 0.1) is 22.7 Å². The van der Waals surface area contributed by atoms with E-state index < -0.39 is 10.8 Å².